The number of nitrogens with zero attached hydrogens (tertiary/aromatic N) is 4. The van der Waals surface area contributed by atoms with Gasteiger partial charge in [0.15, 0.2) is 11.5 Å². The number of aromatic nitrogens is 4. The third kappa shape index (κ3) is 2.92. The van der Waals surface area contributed by atoms with Gasteiger partial charge in [-0.1, -0.05) is 6.07 Å². The van der Waals surface area contributed by atoms with Gasteiger partial charge in [0.25, 0.3) is 0 Å². The Morgan fingerprint density at radius 2 is 1.81 bits per heavy atom. The minimum atomic E-state index is -0.122. The van der Waals surface area contributed by atoms with E-state index in [1.165, 1.54) is 18.5 Å². The third-order valence-corrected chi connectivity index (χ3v) is 3.02. The SMILES string of the molecule is Oc1ccc(CNc2ccc(-n3cnnn3)cc2)cc1O. The Bertz CT molecular complexity index is 726. The highest BCUT2D eigenvalue weighted by atomic mass is 16.3. The van der Waals surface area contributed by atoms with Crippen LogP contribution >= 0.6 is 0 Å². The minimum absolute atomic E-state index is 0.121. The van der Waals surface area contributed by atoms with Crippen LogP contribution in [0.3, 0.4) is 0 Å². The molecule has 0 fully saturated rings. The summed E-state index contributed by atoms with van der Waals surface area (Å²) in [5.41, 5.74) is 2.67. The van der Waals surface area contributed by atoms with Crippen molar-refractivity contribution >= 4 is 5.69 Å². The number of phenols is 2. The molecule has 7 heteroatoms. The molecule has 106 valence electrons. The van der Waals surface area contributed by atoms with Crippen LogP contribution in [-0.4, -0.2) is 30.4 Å². The molecule has 0 aliphatic heterocycles. The van der Waals surface area contributed by atoms with E-state index in [4.69, 9.17) is 0 Å². The first-order valence-corrected chi connectivity index (χ1v) is 6.30. The number of anilines is 1. The van der Waals surface area contributed by atoms with Gasteiger partial charge in [0.1, 0.15) is 6.33 Å². The first-order valence-electron chi connectivity index (χ1n) is 6.30. The van der Waals surface area contributed by atoms with Gasteiger partial charge in [0.05, 0.1) is 5.69 Å². The van der Waals surface area contributed by atoms with Gasteiger partial charge in [-0.3, -0.25) is 0 Å². The van der Waals surface area contributed by atoms with Crippen LogP contribution in [0.1, 0.15) is 5.56 Å². The number of aromatic hydroxyl groups is 2. The van der Waals surface area contributed by atoms with E-state index in [-0.39, 0.29) is 11.5 Å². The van der Waals surface area contributed by atoms with Crippen molar-refractivity contribution in [3.05, 3.63) is 54.4 Å². The number of hydrogen-bond donors (Lipinski definition) is 3. The van der Waals surface area contributed by atoms with Crippen molar-refractivity contribution in [3.8, 4) is 17.2 Å². The van der Waals surface area contributed by atoms with E-state index in [1.54, 1.807) is 10.7 Å². The molecule has 0 aliphatic rings. The van der Waals surface area contributed by atoms with Crippen molar-refractivity contribution in [1.29, 1.82) is 0 Å². The van der Waals surface area contributed by atoms with E-state index in [0.29, 0.717) is 6.54 Å². The van der Waals surface area contributed by atoms with E-state index in [0.717, 1.165) is 16.9 Å². The summed E-state index contributed by atoms with van der Waals surface area (Å²) in [6.45, 7) is 0.540. The van der Waals surface area contributed by atoms with Crippen LogP contribution in [0, 0.1) is 0 Å². The minimum Gasteiger partial charge on any atom is -0.504 e. The Hall–Kier alpha value is -3.09. The van der Waals surface area contributed by atoms with Crippen LogP contribution < -0.4 is 5.32 Å². The first kappa shape index (κ1) is 12.9. The van der Waals surface area contributed by atoms with Crippen LogP contribution in [0.25, 0.3) is 5.69 Å². The zero-order valence-electron chi connectivity index (χ0n) is 11.0. The topological polar surface area (TPSA) is 96.1 Å². The van der Waals surface area contributed by atoms with Gasteiger partial charge >= 0.3 is 0 Å². The smallest absolute Gasteiger partial charge is 0.157 e. The van der Waals surface area contributed by atoms with E-state index in [2.05, 4.69) is 20.8 Å². The molecule has 0 amide bonds. The Morgan fingerprint density at radius 1 is 1.00 bits per heavy atom. The fourth-order valence-electron chi connectivity index (χ4n) is 1.89. The molecule has 1 heterocycles. The Kier molecular flexibility index (Phi) is 3.38. The predicted octanol–water partition coefficient (Wildman–Crippen LogP) is 1.69. The standard InChI is InChI=1S/C14H13N5O2/c20-13-6-1-10(7-14(13)21)8-15-11-2-4-12(5-3-11)19-9-16-17-18-19/h1-7,9,15,20-21H,8H2. The summed E-state index contributed by atoms with van der Waals surface area (Å²) in [5.74, 6) is -0.243. The van der Waals surface area contributed by atoms with Crippen molar-refractivity contribution in [2.24, 2.45) is 0 Å². The normalized spacial score (nSPS) is 10.5. The summed E-state index contributed by atoms with van der Waals surface area (Å²) in [6.07, 6.45) is 1.53. The molecular weight excluding hydrogens is 270 g/mol. The molecule has 1 aromatic heterocycles. The maximum atomic E-state index is 9.44. The molecule has 0 aliphatic carbocycles. The maximum Gasteiger partial charge on any atom is 0.157 e. The summed E-state index contributed by atoms with van der Waals surface area (Å²) in [5, 5.41) is 32.9. The van der Waals surface area contributed by atoms with E-state index >= 15 is 0 Å². The summed E-state index contributed by atoms with van der Waals surface area (Å²) >= 11 is 0. The van der Waals surface area contributed by atoms with Crippen LogP contribution in [0.15, 0.2) is 48.8 Å². The number of rotatable bonds is 4. The lowest BCUT2D eigenvalue weighted by Gasteiger charge is -2.08. The maximum absolute atomic E-state index is 9.44. The Balaban J connectivity index is 1.66. The van der Waals surface area contributed by atoms with Crippen LogP contribution in [-0.2, 0) is 6.54 Å². The fourth-order valence-corrected chi connectivity index (χ4v) is 1.89. The zero-order valence-corrected chi connectivity index (χ0v) is 11.0. The molecule has 0 saturated carbocycles. The molecule has 0 saturated heterocycles. The molecule has 3 aromatic rings. The summed E-state index contributed by atoms with van der Waals surface area (Å²) < 4.78 is 1.57. The second kappa shape index (κ2) is 5.49. The second-order valence-electron chi connectivity index (χ2n) is 4.48. The molecule has 3 rings (SSSR count). The molecule has 3 N–H and O–H groups in total. The average molecular weight is 283 g/mol. The lowest BCUT2D eigenvalue weighted by atomic mass is 10.2. The fraction of sp³-hybridized carbons (Fsp3) is 0.0714. The van der Waals surface area contributed by atoms with E-state index in [1.807, 2.05) is 24.3 Å². The highest BCUT2D eigenvalue weighted by molar-refractivity contribution is 5.49. The monoisotopic (exact) mass is 283 g/mol. The largest absolute Gasteiger partial charge is 0.504 e. The van der Waals surface area contributed by atoms with Crippen LogP contribution in [0.5, 0.6) is 11.5 Å². The number of tetrazole rings is 1. The summed E-state index contributed by atoms with van der Waals surface area (Å²) in [7, 11) is 0. The highest BCUT2D eigenvalue weighted by Crippen LogP contribution is 2.25. The number of nitrogens with one attached hydrogen (secondary N) is 1. The molecule has 0 unspecified atom stereocenters. The van der Waals surface area contributed by atoms with Crippen LogP contribution in [0.4, 0.5) is 5.69 Å². The van der Waals surface area contributed by atoms with Crippen molar-refractivity contribution in [2.75, 3.05) is 5.32 Å². The van der Waals surface area contributed by atoms with Gasteiger partial charge in [-0.25, -0.2) is 4.68 Å². The molecular formula is C14H13N5O2. The Labute approximate surface area is 120 Å². The quantitative estimate of drug-likeness (QED) is 0.630. The lowest BCUT2D eigenvalue weighted by molar-refractivity contribution is 0.403. The van der Waals surface area contributed by atoms with Gasteiger partial charge in [-0.2, -0.15) is 0 Å². The number of benzene rings is 2. The molecule has 0 radical (unpaired) electrons. The van der Waals surface area contributed by atoms with Gasteiger partial charge in [-0.05, 0) is 52.4 Å². The van der Waals surface area contributed by atoms with Crippen molar-refractivity contribution < 1.29 is 10.2 Å². The molecule has 21 heavy (non-hydrogen) atoms. The zero-order chi connectivity index (χ0) is 14.7. The predicted molar refractivity (Wildman–Crippen MR) is 76.3 cm³/mol. The van der Waals surface area contributed by atoms with Gasteiger partial charge in [0.2, 0.25) is 0 Å². The lowest BCUT2D eigenvalue weighted by Crippen LogP contribution is -2.00. The first-order chi connectivity index (χ1) is 10.2. The van der Waals surface area contributed by atoms with Crippen LogP contribution in [0.2, 0.25) is 0 Å². The van der Waals surface area contributed by atoms with E-state index < -0.39 is 0 Å². The van der Waals surface area contributed by atoms with Gasteiger partial charge in [0, 0.05) is 12.2 Å². The summed E-state index contributed by atoms with van der Waals surface area (Å²) in [6, 6.07) is 12.4. The van der Waals surface area contributed by atoms with Crippen molar-refractivity contribution in [1.82, 2.24) is 20.2 Å². The Morgan fingerprint density at radius 3 is 2.48 bits per heavy atom. The summed E-state index contributed by atoms with van der Waals surface area (Å²) in [4.78, 5) is 0. The molecule has 2 aromatic carbocycles. The number of phenolic OH excluding ortho intramolecular Hbond substituents is 2. The number of hydrogen-bond acceptors (Lipinski definition) is 6. The molecule has 0 bridgehead atoms. The molecule has 0 spiro atoms. The highest BCUT2D eigenvalue weighted by Gasteiger charge is 2.01. The van der Waals surface area contributed by atoms with Gasteiger partial charge in [-0.15, -0.1) is 5.10 Å². The molecule has 0 atom stereocenters. The van der Waals surface area contributed by atoms with Crippen molar-refractivity contribution in [3.63, 3.8) is 0 Å². The third-order valence-electron chi connectivity index (χ3n) is 3.02. The molecule has 7 nitrogen and oxygen atoms in total. The average Bonchev–Trinajstić information content (AvgIpc) is 3.03. The second-order valence-corrected chi connectivity index (χ2v) is 4.48. The van der Waals surface area contributed by atoms with E-state index in [9.17, 15) is 10.2 Å². The van der Waals surface area contributed by atoms with Gasteiger partial charge < -0.3 is 15.5 Å². The van der Waals surface area contributed by atoms with Crippen molar-refractivity contribution in [2.45, 2.75) is 6.54 Å².